The fourth-order valence-electron chi connectivity index (χ4n) is 2.37. The first-order chi connectivity index (χ1) is 9.56. The second-order valence-corrected chi connectivity index (χ2v) is 6.03. The number of hydrogen-bond acceptors (Lipinski definition) is 0. The minimum absolute atomic E-state index is 0.0408. The molecule has 2 aromatic carbocycles. The van der Waals surface area contributed by atoms with Crippen LogP contribution in [0.15, 0.2) is 36.4 Å². The van der Waals surface area contributed by atoms with Crippen LogP contribution in [0.5, 0.6) is 0 Å². The number of benzene rings is 2. The summed E-state index contributed by atoms with van der Waals surface area (Å²) in [6, 6.07) is 12.1. The Morgan fingerprint density at radius 3 is 2.40 bits per heavy atom. The van der Waals surface area contributed by atoms with Crippen molar-refractivity contribution in [3.8, 4) is 0 Å². The van der Waals surface area contributed by atoms with E-state index >= 15 is 0 Å². The third-order valence-corrected chi connectivity index (χ3v) is 4.78. The molecule has 2 rings (SSSR count). The molecule has 1 unspecified atom stereocenters. The Bertz CT molecular complexity index is 604. The van der Waals surface area contributed by atoms with Crippen LogP contribution in [0.1, 0.15) is 46.5 Å². The first-order valence-electron chi connectivity index (χ1n) is 7.08. The molecular formula is C18H20BrF. The summed E-state index contributed by atoms with van der Waals surface area (Å²) in [5.41, 5.74) is 5.52. The van der Waals surface area contributed by atoms with E-state index in [-0.39, 0.29) is 10.6 Å². The van der Waals surface area contributed by atoms with Crippen molar-refractivity contribution in [2.24, 2.45) is 0 Å². The molecule has 106 valence electrons. The van der Waals surface area contributed by atoms with E-state index in [1.165, 1.54) is 16.7 Å². The smallest absolute Gasteiger partial charge is 0.126 e. The maximum Gasteiger partial charge on any atom is 0.126 e. The molecule has 0 aliphatic rings. The highest BCUT2D eigenvalue weighted by Gasteiger charge is 2.15. The van der Waals surface area contributed by atoms with Crippen LogP contribution in [0.25, 0.3) is 0 Å². The fraction of sp³-hybridized carbons (Fsp3) is 0.333. The van der Waals surface area contributed by atoms with Crippen molar-refractivity contribution < 1.29 is 4.39 Å². The number of hydrogen-bond donors (Lipinski definition) is 0. The van der Waals surface area contributed by atoms with Gasteiger partial charge in [0.05, 0.1) is 4.83 Å². The number of halogens is 2. The largest absolute Gasteiger partial charge is 0.207 e. The molecule has 0 N–H and O–H groups in total. The standard InChI is InChI=1S/C18H20BrF/c1-4-13-7-9-14(5-2)16(10-13)18(19)15-8-6-12(3)17(20)11-15/h6-11,18H,4-5H2,1-3H3. The molecule has 0 saturated carbocycles. The Morgan fingerprint density at radius 1 is 1.05 bits per heavy atom. The van der Waals surface area contributed by atoms with E-state index in [4.69, 9.17) is 0 Å². The number of rotatable bonds is 4. The van der Waals surface area contributed by atoms with E-state index in [1.54, 1.807) is 13.0 Å². The van der Waals surface area contributed by atoms with Gasteiger partial charge in [0.1, 0.15) is 5.82 Å². The Hall–Kier alpha value is -1.15. The van der Waals surface area contributed by atoms with Crippen molar-refractivity contribution in [3.63, 3.8) is 0 Å². The third-order valence-electron chi connectivity index (χ3n) is 3.76. The Morgan fingerprint density at radius 2 is 1.80 bits per heavy atom. The van der Waals surface area contributed by atoms with Crippen LogP contribution in [0.3, 0.4) is 0 Å². The van der Waals surface area contributed by atoms with Crippen molar-refractivity contribution in [2.75, 3.05) is 0 Å². The second-order valence-electron chi connectivity index (χ2n) is 5.11. The van der Waals surface area contributed by atoms with Crippen molar-refractivity contribution in [3.05, 3.63) is 70.0 Å². The van der Waals surface area contributed by atoms with Crippen molar-refractivity contribution >= 4 is 15.9 Å². The Labute approximate surface area is 129 Å². The molecule has 1 atom stereocenters. The van der Waals surface area contributed by atoms with E-state index in [0.29, 0.717) is 5.56 Å². The molecule has 0 amide bonds. The summed E-state index contributed by atoms with van der Waals surface area (Å²) in [5, 5.41) is 0. The topological polar surface area (TPSA) is 0 Å². The lowest BCUT2D eigenvalue weighted by Gasteiger charge is -2.17. The maximum absolute atomic E-state index is 13.8. The normalized spacial score (nSPS) is 12.4. The lowest BCUT2D eigenvalue weighted by molar-refractivity contribution is 0.616. The van der Waals surface area contributed by atoms with Gasteiger partial charge in [-0.1, -0.05) is 60.1 Å². The summed E-state index contributed by atoms with van der Waals surface area (Å²) in [6.45, 7) is 6.09. The van der Waals surface area contributed by atoms with Gasteiger partial charge < -0.3 is 0 Å². The molecule has 0 saturated heterocycles. The molecule has 0 aliphatic carbocycles. The van der Waals surface area contributed by atoms with Gasteiger partial charge in [-0.2, -0.15) is 0 Å². The lowest BCUT2D eigenvalue weighted by Crippen LogP contribution is -2.00. The number of aryl methyl sites for hydroxylation is 3. The van der Waals surface area contributed by atoms with Gasteiger partial charge in [0, 0.05) is 0 Å². The van der Waals surface area contributed by atoms with Gasteiger partial charge in [-0.25, -0.2) is 4.39 Å². The zero-order valence-corrected chi connectivity index (χ0v) is 13.8. The zero-order chi connectivity index (χ0) is 14.7. The Balaban J connectivity index is 2.45. The molecule has 0 radical (unpaired) electrons. The van der Waals surface area contributed by atoms with E-state index in [9.17, 15) is 4.39 Å². The van der Waals surface area contributed by atoms with E-state index < -0.39 is 0 Å². The molecule has 2 heteroatoms. The van der Waals surface area contributed by atoms with Crippen LogP contribution in [-0.2, 0) is 12.8 Å². The third kappa shape index (κ3) is 3.12. The lowest BCUT2D eigenvalue weighted by atomic mass is 9.95. The van der Waals surface area contributed by atoms with Gasteiger partial charge >= 0.3 is 0 Å². The summed E-state index contributed by atoms with van der Waals surface area (Å²) in [5.74, 6) is -0.142. The second kappa shape index (κ2) is 6.53. The zero-order valence-electron chi connectivity index (χ0n) is 12.2. The average Bonchev–Trinajstić information content (AvgIpc) is 2.48. The van der Waals surface area contributed by atoms with Gasteiger partial charge in [-0.05, 0) is 53.6 Å². The molecular weight excluding hydrogens is 315 g/mol. The van der Waals surface area contributed by atoms with Crippen molar-refractivity contribution in [2.45, 2.75) is 38.4 Å². The van der Waals surface area contributed by atoms with E-state index in [1.807, 2.05) is 12.1 Å². The molecule has 20 heavy (non-hydrogen) atoms. The molecule has 0 bridgehead atoms. The van der Waals surface area contributed by atoms with Gasteiger partial charge in [-0.15, -0.1) is 0 Å². The summed E-state index contributed by atoms with van der Waals surface area (Å²) in [7, 11) is 0. The minimum atomic E-state index is -0.142. The van der Waals surface area contributed by atoms with Crippen LogP contribution in [-0.4, -0.2) is 0 Å². The first-order valence-corrected chi connectivity index (χ1v) is 8.00. The SMILES string of the molecule is CCc1ccc(CC)c(C(Br)c2ccc(C)c(F)c2)c1. The highest BCUT2D eigenvalue weighted by Crippen LogP contribution is 2.34. The monoisotopic (exact) mass is 334 g/mol. The molecule has 0 fully saturated rings. The van der Waals surface area contributed by atoms with Crippen LogP contribution >= 0.6 is 15.9 Å². The molecule has 0 nitrogen and oxygen atoms in total. The quantitative estimate of drug-likeness (QED) is 0.625. The van der Waals surface area contributed by atoms with Crippen LogP contribution in [0.4, 0.5) is 4.39 Å². The summed E-state index contributed by atoms with van der Waals surface area (Å²) in [4.78, 5) is 0.0408. The van der Waals surface area contributed by atoms with Crippen LogP contribution in [0, 0.1) is 12.7 Å². The molecule has 0 aliphatic heterocycles. The van der Waals surface area contributed by atoms with Crippen molar-refractivity contribution in [1.82, 2.24) is 0 Å². The Kier molecular flexibility index (Phi) is 4.98. The maximum atomic E-state index is 13.8. The van der Waals surface area contributed by atoms with Crippen LogP contribution < -0.4 is 0 Å². The fourth-order valence-corrected chi connectivity index (χ4v) is 3.08. The van der Waals surface area contributed by atoms with E-state index in [0.717, 1.165) is 18.4 Å². The van der Waals surface area contributed by atoms with Crippen molar-refractivity contribution in [1.29, 1.82) is 0 Å². The average molecular weight is 335 g/mol. The van der Waals surface area contributed by atoms with Gasteiger partial charge in [0.25, 0.3) is 0 Å². The predicted octanol–water partition coefficient (Wildman–Crippen LogP) is 5.74. The van der Waals surface area contributed by atoms with E-state index in [2.05, 4.69) is 48.0 Å². The van der Waals surface area contributed by atoms with Gasteiger partial charge in [-0.3, -0.25) is 0 Å². The minimum Gasteiger partial charge on any atom is -0.207 e. The van der Waals surface area contributed by atoms with Gasteiger partial charge in [0.15, 0.2) is 0 Å². The van der Waals surface area contributed by atoms with Crippen LogP contribution in [0.2, 0.25) is 0 Å². The summed E-state index contributed by atoms with van der Waals surface area (Å²) < 4.78 is 13.8. The summed E-state index contributed by atoms with van der Waals surface area (Å²) >= 11 is 3.74. The predicted molar refractivity (Wildman–Crippen MR) is 87.1 cm³/mol. The highest BCUT2D eigenvalue weighted by molar-refractivity contribution is 9.09. The molecule has 0 heterocycles. The summed E-state index contributed by atoms with van der Waals surface area (Å²) in [6.07, 6.45) is 1.99. The highest BCUT2D eigenvalue weighted by atomic mass is 79.9. The molecule has 0 spiro atoms. The molecule has 0 aromatic heterocycles. The van der Waals surface area contributed by atoms with Gasteiger partial charge in [0.2, 0.25) is 0 Å². The first kappa shape index (κ1) is 15.2. The number of alkyl halides is 1. The molecule has 2 aromatic rings.